The number of fused-ring (bicyclic) bond motifs is 1. The lowest BCUT2D eigenvalue weighted by atomic mass is 10.1. The highest BCUT2D eigenvalue weighted by atomic mass is 79.9. The van der Waals surface area contributed by atoms with Gasteiger partial charge in [0.2, 0.25) is 0 Å². The summed E-state index contributed by atoms with van der Waals surface area (Å²) in [5.74, 6) is 0.836. The first-order valence-corrected chi connectivity index (χ1v) is 7.76. The van der Waals surface area contributed by atoms with Crippen molar-refractivity contribution in [3.05, 3.63) is 63.3 Å². The highest BCUT2D eigenvalue weighted by Gasteiger charge is 2.16. The van der Waals surface area contributed by atoms with Gasteiger partial charge in [0.15, 0.2) is 0 Å². The third kappa shape index (κ3) is 2.84. The molecule has 0 amide bonds. The van der Waals surface area contributed by atoms with Crippen molar-refractivity contribution < 1.29 is 5.11 Å². The van der Waals surface area contributed by atoms with Crippen LogP contribution in [-0.4, -0.2) is 14.7 Å². The van der Waals surface area contributed by atoms with Crippen molar-refractivity contribution in [2.45, 2.75) is 12.5 Å². The second-order valence-electron chi connectivity index (χ2n) is 4.96. The van der Waals surface area contributed by atoms with Gasteiger partial charge >= 0.3 is 0 Å². The van der Waals surface area contributed by atoms with Crippen LogP contribution in [0.1, 0.15) is 17.5 Å². The Morgan fingerprint density at radius 3 is 2.76 bits per heavy atom. The van der Waals surface area contributed by atoms with E-state index < -0.39 is 6.10 Å². The van der Waals surface area contributed by atoms with Gasteiger partial charge in [-0.15, -0.1) is 0 Å². The Bertz CT molecular complexity index is 800. The second-order valence-corrected chi connectivity index (χ2v) is 6.28. The van der Waals surface area contributed by atoms with Crippen molar-refractivity contribution in [2.75, 3.05) is 0 Å². The second kappa shape index (κ2) is 5.79. The summed E-state index contributed by atoms with van der Waals surface area (Å²) < 4.78 is 2.90. The first-order chi connectivity index (χ1) is 10.1. The number of aliphatic hydroxyl groups excluding tert-OH is 1. The van der Waals surface area contributed by atoms with E-state index in [9.17, 15) is 5.11 Å². The lowest BCUT2D eigenvalue weighted by molar-refractivity contribution is 0.175. The van der Waals surface area contributed by atoms with Gasteiger partial charge in [0, 0.05) is 23.0 Å². The van der Waals surface area contributed by atoms with E-state index in [0.717, 1.165) is 21.3 Å². The molecule has 2 aromatic carbocycles. The third-order valence-electron chi connectivity index (χ3n) is 3.58. The molecule has 0 saturated carbocycles. The molecule has 3 nitrogen and oxygen atoms in total. The molecule has 1 heterocycles. The average molecular weight is 366 g/mol. The predicted molar refractivity (Wildman–Crippen MR) is 88.5 cm³/mol. The first-order valence-electron chi connectivity index (χ1n) is 6.59. The Kier molecular flexibility index (Phi) is 4.02. The van der Waals surface area contributed by atoms with E-state index >= 15 is 0 Å². The quantitative estimate of drug-likeness (QED) is 0.753. The fraction of sp³-hybridized carbons (Fsp3) is 0.188. The number of aliphatic hydroxyl groups is 1. The van der Waals surface area contributed by atoms with E-state index in [0.29, 0.717) is 17.0 Å². The predicted octanol–water partition coefficient (Wildman–Crippen LogP) is 4.27. The molecule has 0 fully saturated rings. The molecule has 1 atom stereocenters. The molecule has 1 aromatic heterocycles. The Morgan fingerprint density at radius 1 is 1.29 bits per heavy atom. The first kappa shape index (κ1) is 14.6. The Labute approximate surface area is 136 Å². The number of aryl methyl sites for hydroxylation is 1. The van der Waals surface area contributed by atoms with Crippen LogP contribution < -0.4 is 0 Å². The van der Waals surface area contributed by atoms with Crippen molar-refractivity contribution in [2.24, 2.45) is 7.05 Å². The van der Waals surface area contributed by atoms with Crippen molar-refractivity contribution in [1.82, 2.24) is 9.55 Å². The van der Waals surface area contributed by atoms with Crippen LogP contribution in [0.4, 0.5) is 0 Å². The van der Waals surface area contributed by atoms with Crippen LogP contribution in [0.2, 0.25) is 5.02 Å². The van der Waals surface area contributed by atoms with Crippen LogP contribution >= 0.6 is 27.5 Å². The van der Waals surface area contributed by atoms with Crippen LogP contribution in [0.3, 0.4) is 0 Å². The fourth-order valence-corrected chi connectivity index (χ4v) is 3.23. The van der Waals surface area contributed by atoms with Gasteiger partial charge in [-0.2, -0.15) is 0 Å². The van der Waals surface area contributed by atoms with E-state index in [2.05, 4.69) is 20.9 Å². The molecule has 0 aliphatic rings. The summed E-state index contributed by atoms with van der Waals surface area (Å²) >= 11 is 9.56. The molecule has 0 spiro atoms. The van der Waals surface area contributed by atoms with Crippen LogP contribution in [0, 0.1) is 0 Å². The Morgan fingerprint density at radius 2 is 2.05 bits per heavy atom. The molecule has 3 aromatic rings. The zero-order valence-electron chi connectivity index (χ0n) is 11.4. The zero-order valence-corrected chi connectivity index (χ0v) is 13.8. The van der Waals surface area contributed by atoms with Gasteiger partial charge in [-0.25, -0.2) is 4.98 Å². The zero-order chi connectivity index (χ0) is 15.0. The lowest BCUT2D eigenvalue weighted by Gasteiger charge is -2.13. The van der Waals surface area contributed by atoms with Crippen LogP contribution in [0.5, 0.6) is 0 Å². The molecule has 5 heteroatoms. The number of rotatable bonds is 3. The molecule has 0 bridgehead atoms. The van der Waals surface area contributed by atoms with Crippen molar-refractivity contribution in [3.63, 3.8) is 0 Å². The van der Waals surface area contributed by atoms with Crippen molar-refractivity contribution in [1.29, 1.82) is 0 Å². The van der Waals surface area contributed by atoms with E-state index in [1.54, 1.807) is 6.07 Å². The van der Waals surface area contributed by atoms with Crippen LogP contribution in [-0.2, 0) is 13.5 Å². The van der Waals surface area contributed by atoms with E-state index in [-0.39, 0.29) is 0 Å². The Hall–Kier alpha value is -1.36. The van der Waals surface area contributed by atoms with E-state index in [4.69, 9.17) is 11.6 Å². The van der Waals surface area contributed by atoms with Gasteiger partial charge in [-0.1, -0.05) is 45.7 Å². The largest absolute Gasteiger partial charge is 0.388 e. The molecule has 0 radical (unpaired) electrons. The summed E-state index contributed by atoms with van der Waals surface area (Å²) in [6.07, 6.45) is -0.256. The molecule has 21 heavy (non-hydrogen) atoms. The average Bonchev–Trinajstić information content (AvgIpc) is 2.76. The monoisotopic (exact) mass is 364 g/mol. The molecule has 0 aliphatic heterocycles. The van der Waals surface area contributed by atoms with Gasteiger partial charge in [-0.3, -0.25) is 0 Å². The smallest absolute Gasteiger partial charge is 0.112 e. The molecule has 1 unspecified atom stereocenters. The van der Waals surface area contributed by atoms with Crippen molar-refractivity contribution in [3.8, 4) is 0 Å². The highest BCUT2D eigenvalue weighted by Crippen LogP contribution is 2.29. The number of halogens is 2. The minimum Gasteiger partial charge on any atom is -0.388 e. The molecule has 3 rings (SSSR count). The highest BCUT2D eigenvalue weighted by molar-refractivity contribution is 9.10. The van der Waals surface area contributed by atoms with E-state index in [1.807, 2.05) is 48.0 Å². The standard InChI is InChI=1S/C16H14BrClN2O/c1-20-14-5-3-2-4-13(14)19-16(20)9-15(21)11-7-6-10(17)8-12(11)18/h2-8,15,21H,9H2,1H3. The maximum absolute atomic E-state index is 10.4. The molecular formula is C16H14BrClN2O. The summed E-state index contributed by atoms with van der Waals surface area (Å²) in [4.78, 5) is 4.58. The van der Waals surface area contributed by atoms with E-state index in [1.165, 1.54) is 0 Å². The topological polar surface area (TPSA) is 38.0 Å². The summed E-state index contributed by atoms with van der Waals surface area (Å²) in [6, 6.07) is 13.4. The molecule has 1 N–H and O–H groups in total. The Balaban J connectivity index is 1.92. The number of aromatic nitrogens is 2. The van der Waals surface area contributed by atoms with Gasteiger partial charge in [0.05, 0.1) is 17.1 Å². The normalized spacial score (nSPS) is 12.8. The van der Waals surface area contributed by atoms with Crippen LogP contribution in [0.15, 0.2) is 46.9 Å². The molecule has 0 saturated heterocycles. The number of nitrogens with zero attached hydrogens (tertiary/aromatic N) is 2. The molecule has 108 valence electrons. The van der Waals surface area contributed by atoms with Gasteiger partial charge in [0.25, 0.3) is 0 Å². The number of imidazole rings is 1. The SMILES string of the molecule is Cn1c(CC(O)c2ccc(Br)cc2Cl)nc2ccccc21. The number of hydrogen-bond acceptors (Lipinski definition) is 2. The molecule has 0 aliphatic carbocycles. The van der Waals surface area contributed by atoms with Gasteiger partial charge in [-0.05, 0) is 29.8 Å². The summed E-state index contributed by atoms with van der Waals surface area (Å²) in [6.45, 7) is 0. The van der Waals surface area contributed by atoms with Gasteiger partial charge < -0.3 is 9.67 Å². The van der Waals surface area contributed by atoms with Crippen molar-refractivity contribution >= 4 is 38.6 Å². The third-order valence-corrected chi connectivity index (χ3v) is 4.40. The minimum atomic E-state index is -0.680. The summed E-state index contributed by atoms with van der Waals surface area (Å²) in [5, 5.41) is 11.0. The summed E-state index contributed by atoms with van der Waals surface area (Å²) in [5.41, 5.74) is 2.71. The molecular weight excluding hydrogens is 352 g/mol. The number of hydrogen-bond donors (Lipinski definition) is 1. The maximum Gasteiger partial charge on any atom is 0.112 e. The van der Waals surface area contributed by atoms with Crippen LogP contribution in [0.25, 0.3) is 11.0 Å². The minimum absolute atomic E-state index is 0.423. The lowest BCUT2D eigenvalue weighted by Crippen LogP contribution is -2.07. The summed E-state index contributed by atoms with van der Waals surface area (Å²) in [7, 11) is 1.96. The fourth-order valence-electron chi connectivity index (χ4n) is 2.43. The maximum atomic E-state index is 10.4. The number of para-hydroxylation sites is 2. The van der Waals surface area contributed by atoms with Gasteiger partial charge in [0.1, 0.15) is 5.82 Å². The number of benzene rings is 2.